The first-order chi connectivity index (χ1) is 7.35. The van der Waals surface area contributed by atoms with Crippen LogP contribution in [0.25, 0.3) is 0 Å². The number of hydrogen-bond acceptors (Lipinski definition) is 4. The Morgan fingerprint density at radius 1 is 1.27 bits per heavy atom. The van der Waals surface area contributed by atoms with Gasteiger partial charge in [-0.25, -0.2) is 0 Å². The molecule has 1 aromatic carbocycles. The summed E-state index contributed by atoms with van der Waals surface area (Å²) in [7, 11) is 3.31. The van der Waals surface area contributed by atoms with Crippen molar-refractivity contribution in [1.29, 1.82) is 0 Å². The third kappa shape index (κ3) is 2.06. The fourth-order valence-corrected chi connectivity index (χ4v) is 1.80. The van der Waals surface area contributed by atoms with Gasteiger partial charge in [0.2, 0.25) is 0 Å². The Balaban J connectivity index is 2.18. The third-order valence-electron chi connectivity index (χ3n) is 2.61. The second-order valence-electron chi connectivity index (χ2n) is 3.48. The molecule has 0 unspecified atom stereocenters. The van der Waals surface area contributed by atoms with E-state index in [1.807, 2.05) is 6.07 Å². The van der Waals surface area contributed by atoms with Crippen LogP contribution in [0.3, 0.4) is 0 Å². The Labute approximate surface area is 89.6 Å². The number of ether oxygens (including phenoxy) is 2. The zero-order valence-corrected chi connectivity index (χ0v) is 9.04. The van der Waals surface area contributed by atoms with Crippen molar-refractivity contribution in [2.24, 2.45) is 0 Å². The minimum absolute atomic E-state index is 0.182. The molecule has 1 aliphatic heterocycles. The highest BCUT2D eigenvalue weighted by Gasteiger charge is 2.15. The molecule has 82 valence electrons. The Morgan fingerprint density at radius 2 is 2.07 bits per heavy atom. The molecule has 4 heteroatoms. The zero-order valence-electron chi connectivity index (χ0n) is 9.04. The van der Waals surface area contributed by atoms with Gasteiger partial charge < -0.3 is 20.1 Å². The first kappa shape index (κ1) is 10.3. The standard InChI is InChI=1S/C11H16N2O2/c1-14-10(15-2)6-8-4-3-5-9-11(8)13-7-12-9/h3-5,10,12-13H,6-7H2,1-2H3. The molecule has 2 rings (SSSR count). The molecule has 0 bridgehead atoms. The maximum atomic E-state index is 5.19. The third-order valence-corrected chi connectivity index (χ3v) is 2.61. The Morgan fingerprint density at radius 3 is 2.80 bits per heavy atom. The second kappa shape index (κ2) is 4.51. The van der Waals surface area contributed by atoms with Crippen molar-refractivity contribution in [2.45, 2.75) is 12.7 Å². The van der Waals surface area contributed by atoms with Gasteiger partial charge in [-0.2, -0.15) is 0 Å². The first-order valence-corrected chi connectivity index (χ1v) is 5.00. The number of hydrogen-bond donors (Lipinski definition) is 2. The number of methoxy groups -OCH3 is 2. The highest BCUT2D eigenvalue weighted by molar-refractivity contribution is 5.76. The lowest BCUT2D eigenvalue weighted by Crippen LogP contribution is -2.16. The number of fused-ring (bicyclic) bond motifs is 1. The zero-order chi connectivity index (χ0) is 10.7. The van der Waals surface area contributed by atoms with E-state index in [0.717, 1.165) is 24.5 Å². The lowest BCUT2D eigenvalue weighted by Gasteiger charge is -2.15. The summed E-state index contributed by atoms with van der Waals surface area (Å²) in [5.41, 5.74) is 3.53. The highest BCUT2D eigenvalue weighted by Crippen LogP contribution is 2.30. The van der Waals surface area contributed by atoms with Gasteiger partial charge in [0.05, 0.1) is 18.0 Å². The van der Waals surface area contributed by atoms with Gasteiger partial charge in [-0.15, -0.1) is 0 Å². The van der Waals surface area contributed by atoms with Gasteiger partial charge in [0.25, 0.3) is 0 Å². The van der Waals surface area contributed by atoms with Crippen molar-refractivity contribution in [2.75, 3.05) is 31.5 Å². The number of nitrogens with one attached hydrogen (secondary N) is 2. The minimum Gasteiger partial charge on any atom is -0.366 e. The summed E-state index contributed by atoms with van der Waals surface area (Å²) in [6, 6.07) is 6.19. The average Bonchev–Trinajstić information content (AvgIpc) is 2.74. The van der Waals surface area contributed by atoms with E-state index in [1.54, 1.807) is 14.2 Å². The summed E-state index contributed by atoms with van der Waals surface area (Å²) in [6.45, 7) is 0.789. The van der Waals surface area contributed by atoms with Crippen molar-refractivity contribution < 1.29 is 9.47 Å². The van der Waals surface area contributed by atoms with Gasteiger partial charge in [-0.05, 0) is 11.6 Å². The molecule has 0 saturated carbocycles. The Hall–Kier alpha value is -1.26. The van der Waals surface area contributed by atoms with Crippen LogP contribution in [0.2, 0.25) is 0 Å². The van der Waals surface area contributed by atoms with Crippen LogP contribution < -0.4 is 10.6 Å². The van der Waals surface area contributed by atoms with Crippen LogP contribution >= 0.6 is 0 Å². The average molecular weight is 208 g/mol. The Kier molecular flexibility index (Phi) is 3.08. The molecule has 0 radical (unpaired) electrons. The SMILES string of the molecule is COC(Cc1cccc2c1NCN2)OC. The first-order valence-electron chi connectivity index (χ1n) is 5.00. The predicted molar refractivity (Wildman–Crippen MR) is 60.1 cm³/mol. The summed E-state index contributed by atoms with van der Waals surface area (Å²) >= 11 is 0. The number of rotatable bonds is 4. The summed E-state index contributed by atoms with van der Waals surface area (Å²) < 4.78 is 10.4. The molecule has 15 heavy (non-hydrogen) atoms. The summed E-state index contributed by atoms with van der Waals surface area (Å²) in [5.74, 6) is 0. The molecule has 4 nitrogen and oxygen atoms in total. The van der Waals surface area contributed by atoms with E-state index in [0.29, 0.717) is 0 Å². The quantitative estimate of drug-likeness (QED) is 0.738. The minimum atomic E-state index is -0.182. The molecule has 0 aliphatic carbocycles. The van der Waals surface area contributed by atoms with E-state index in [9.17, 15) is 0 Å². The molecule has 1 aromatic rings. The molecule has 1 heterocycles. The largest absolute Gasteiger partial charge is 0.366 e. The maximum absolute atomic E-state index is 5.19. The van der Waals surface area contributed by atoms with Crippen molar-refractivity contribution >= 4 is 11.4 Å². The number of para-hydroxylation sites is 1. The highest BCUT2D eigenvalue weighted by atomic mass is 16.7. The smallest absolute Gasteiger partial charge is 0.160 e. The van der Waals surface area contributed by atoms with Crippen molar-refractivity contribution in [3.05, 3.63) is 23.8 Å². The van der Waals surface area contributed by atoms with E-state index in [4.69, 9.17) is 9.47 Å². The molecule has 0 saturated heterocycles. The van der Waals surface area contributed by atoms with E-state index in [2.05, 4.69) is 22.8 Å². The molecule has 0 aromatic heterocycles. The van der Waals surface area contributed by atoms with Gasteiger partial charge in [0, 0.05) is 20.6 Å². The van der Waals surface area contributed by atoms with Crippen LogP contribution in [0.1, 0.15) is 5.56 Å². The lowest BCUT2D eigenvalue weighted by molar-refractivity contribution is -0.100. The molecular formula is C11H16N2O2. The molecule has 2 N–H and O–H groups in total. The molecule has 0 amide bonds. The lowest BCUT2D eigenvalue weighted by atomic mass is 10.1. The van der Waals surface area contributed by atoms with Gasteiger partial charge in [-0.1, -0.05) is 12.1 Å². The molecule has 0 spiro atoms. The topological polar surface area (TPSA) is 42.5 Å². The second-order valence-corrected chi connectivity index (χ2v) is 3.48. The monoisotopic (exact) mass is 208 g/mol. The predicted octanol–water partition coefficient (Wildman–Crippen LogP) is 1.64. The molecule has 1 aliphatic rings. The van der Waals surface area contributed by atoms with Crippen LogP contribution in [0.15, 0.2) is 18.2 Å². The maximum Gasteiger partial charge on any atom is 0.160 e. The Bertz CT molecular complexity index is 337. The van der Waals surface area contributed by atoms with E-state index < -0.39 is 0 Å². The molecular weight excluding hydrogens is 192 g/mol. The fraction of sp³-hybridized carbons (Fsp3) is 0.455. The van der Waals surface area contributed by atoms with Gasteiger partial charge in [0.15, 0.2) is 6.29 Å². The van der Waals surface area contributed by atoms with Crippen molar-refractivity contribution in [3.63, 3.8) is 0 Å². The van der Waals surface area contributed by atoms with E-state index in [-0.39, 0.29) is 6.29 Å². The van der Waals surface area contributed by atoms with E-state index in [1.165, 1.54) is 5.56 Å². The van der Waals surface area contributed by atoms with Crippen LogP contribution in [-0.4, -0.2) is 27.2 Å². The summed E-state index contributed by atoms with van der Waals surface area (Å²) in [4.78, 5) is 0. The number of benzene rings is 1. The van der Waals surface area contributed by atoms with Crippen molar-refractivity contribution in [3.8, 4) is 0 Å². The van der Waals surface area contributed by atoms with Crippen LogP contribution in [0, 0.1) is 0 Å². The molecule has 0 fully saturated rings. The van der Waals surface area contributed by atoms with Crippen molar-refractivity contribution in [1.82, 2.24) is 0 Å². The van der Waals surface area contributed by atoms with E-state index >= 15 is 0 Å². The summed E-state index contributed by atoms with van der Waals surface area (Å²) in [6.07, 6.45) is 0.573. The van der Waals surface area contributed by atoms with Gasteiger partial charge >= 0.3 is 0 Å². The summed E-state index contributed by atoms with van der Waals surface area (Å²) in [5, 5.41) is 6.56. The van der Waals surface area contributed by atoms with Crippen LogP contribution in [0.4, 0.5) is 11.4 Å². The van der Waals surface area contributed by atoms with Crippen LogP contribution in [-0.2, 0) is 15.9 Å². The number of anilines is 2. The van der Waals surface area contributed by atoms with Gasteiger partial charge in [-0.3, -0.25) is 0 Å². The normalized spacial score (nSPS) is 13.5. The van der Waals surface area contributed by atoms with Crippen LogP contribution in [0.5, 0.6) is 0 Å². The fourth-order valence-electron chi connectivity index (χ4n) is 1.80. The molecule has 0 atom stereocenters. The van der Waals surface area contributed by atoms with Gasteiger partial charge in [0.1, 0.15) is 0 Å².